The first-order valence-corrected chi connectivity index (χ1v) is 10.7. The first kappa shape index (κ1) is 27.6. The maximum atomic E-state index is 11.9. The molecular weight excluding hydrogens is 468 g/mol. The van der Waals surface area contributed by atoms with Gasteiger partial charge in [0.05, 0.1) is 0 Å². The number of carbonyl (C=O) groups excluding carboxylic acids is 5. The monoisotopic (exact) mass is 496 g/mol. The summed E-state index contributed by atoms with van der Waals surface area (Å²) in [4.78, 5) is 58.3. The van der Waals surface area contributed by atoms with Gasteiger partial charge < -0.3 is 33.2 Å². The molecule has 1 aliphatic heterocycles. The van der Waals surface area contributed by atoms with E-state index in [1.165, 1.54) is 13.8 Å². The Kier molecular flexibility index (Phi) is 10.0. The van der Waals surface area contributed by atoms with E-state index in [0.717, 1.165) is 20.8 Å². The van der Waals surface area contributed by atoms with E-state index in [0.29, 0.717) is 5.56 Å². The van der Waals surface area contributed by atoms with Crippen molar-refractivity contribution >= 4 is 29.8 Å². The summed E-state index contributed by atoms with van der Waals surface area (Å²) in [6.45, 7) is 5.31. The molecule has 0 radical (unpaired) electrons. The van der Waals surface area contributed by atoms with Gasteiger partial charge in [-0.3, -0.25) is 24.0 Å². The lowest BCUT2D eigenvalue weighted by Crippen LogP contribution is -2.63. The molecule has 0 aromatic heterocycles. The van der Waals surface area contributed by atoms with Crippen LogP contribution in [0.3, 0.4) is 0 Å². The van der Waals surface area contributed by atoms with Crippen molar-refractivity contribution in [3.63, 3.8) is 0 Å². The van der Waals surface area contributed by atoms with Gasteiger partial charge in [-0.05, 0) is 6.07 Å². The molecule has 0 unspecified atom stereocenters. The van der Waals surface area contributed by atoms with Crippen LogP contribution in [0, 0.1) is 0 Å². The normalized spacial score (nSPS) is 23.4. The summed E-state index contributed by atoms with van der Waals surface area (Å²) in [6.07, 6.45) is -6.58. The summed E-state index contributed by atoms with van der Waals surface area (Å²) in [6, 6.07) is 6.55. The third-order valence-electron chi connectivity index (χ3n) is 4.59. The number of carbonyl (C=O) groups is 5. The Morgan fingerprint density at radius 1 is 0.714 bits per heavy atom. The zero-order valence-corrected chi connectivity index (χ0v) is 20.0. The van der Waals surface area contributed by atoms with Gasteiger partial charge >= 0.3 is 29.8 Å². The number of ether oxygens (including phenoxy) is 7. The van der Waals surface area contributed by atoms with Crippen LogP contribution in [0.4, 0.5) is 0 Å². The fourth-order valence-corrected chi connectivity index (χ4v) is 3.33. The maximum absolute atomic E-state index is 11.9. The second-order valence-electron chi connectivity index (χ2n) is 7.57. The van der Waals surface area contributed by atoms with Gasteiger partial charge in [-0.2, -0.15) is 0 Å². The number of rotatable bonds is 9. The van der Waals surface area contributed by atoms with Crippen molar-refractivity contribution in [1.29, 1.82) is 0 Å². The third-order valence-corrected chi connectivity index (χ3v) is 4.59. The fraction of sp³-hybridized carbons (Fsp3) is 0.522. The van der Waals surface area contributed by atoms with E-state index in [4.69, 9.17) is 33.2 Å². The summed E-state index contributed by atoms with van der Waals surface area (Å²) >= 11 is 0. The Balaban J connectivity index is 2.47. The molecule has 0 aliphatic carbocycles. The van der Waals surface area contributed by atoms with Crippen LogP contribution in [-0.2, 0) is 59.0 Å². The molecule has 1 aromatic rings. The van der Waals surface area contributed by atoms with E-state index in [9.17, 15) is 24.0 Å². The zero-order chi connectivity index (χ0) is 26.1. The Morgan fingerprint density at radius 3 is 1.83 bits per heavy atom. The highest BCUT2D eigenvalue weighted by Gasteiger charge is 2.53. The summed E-state index contributed by atoms with van der Waals surface area (Å²) in [5, 5.41) is 0. The molecule has 35 heavy (non-hydrogen) atoms. The second kappa shape index (κ2) is 12.7. The van der Waals surface area contributed by atoms with E-state index in [-0.39, 0.29) is 19.0 Å². The van der Waals surface area contributed by atoms with Crippen LogP contribution in [0.2, 0.25) is 0 Å². The summed E-state index contributed by atoms with van der Waals surface area (Å²) in [7, 11) is 0. The minimum absolute atomic E-state index is 0.114. The van der Waals surface area contributed by atoms with E-state index >= 15 is 0 Å². The van der Waals surface area contributed by atoms with Crippen molar-refractivity contribution in [1.82, 2.24) is 0 Å². The molecule has 0 spiro atoms. The highest BCUT2D eigenvalue weighted by atomic mass is 16.7. The van der Waals surface area contributed by atoms with Crippen LogP contribution in [0.5, 0.6) is 5.75 Å². The van der Waals surface area contributed by atoms with Crippen molar-refractivity contribution in [2.75, 3.05) is 6.61 Å². The lowest BCUT2D eigenvalue weighted by molar-refractivity contribution is -0.288. The molecule has 1 fully saturated rings. The highest BCUT2D eigenvalue weighted by Crippen LogP contribution is 2.32. The molecule has 0 bridgehead atoms. The molecule has 1 aliphatic rings. The molecule has 0 N–H and O–H groups in total. The molecule has 1 heterocycles. The minimum Gasteiger partial charge on any atom is -0.463 e. The van der Waals surface area contributed by atoms with Crippen molar-refractivity contribution < 1.29 is 57.1 Å². The Hall–Kier alpha value is -3.67. The van der Waals surface area contributed by atoms with Crippen molar-refractivity contribution in [3.8, 4) is 5.75 Å². The van der Waals surface area contributed by atoms with Gasteiger partial charge in [0.1, 0.15) is 25.1 Å². The van der Waals surface area contributed by atoms with E-state index in [2.05, 4.69) is 0 Å². The predicted octanol–water partition coefficient (Wildman–Crippen LogP) is 1.21. The quantitative estimate of drug-likeness (QED) is 0.357. The Bertz CT molecular complexity index is 942. The number of esters is 5. The third kappa shape index (κ3) is 8.56. The first-order chi connectivity index (χ1) is 16.5. The zero-order valence-electron chi connectivity index (χ0n) is 20.0. The van der Waals surface area contributed by atoms with Crippen molar-refractivity contribution in [2.24, 2.45) is 0 Å². The molecular formula is C23H28O12. The number of hydrogen-bond donors (Lipinski definition) is 0. The van der Waals surface area contributed by atoms with Crippen molar-refractivity contribution in [2.45, 2.75) is 71.9 Å². The number of para-hydroxylation sites is 1. The molecule has 1 aromatic carbocycles. The van der Waals surface area contributed by atoms with E-state index in [1.807, 2.05) is 0 Å². The van der Waals surface area contributed by atoms with Crippen LogP contribution in [0.15, 0.2) is 24.3 Å². The maximum Gasteiger partial charge on any atom is 0.303 e. The molecule has 12 nitrogen and oxygen atoms in total. The first-order valence-electron chi connectivity index (χ1n) is 10.7. The molecule has 0 amide bonds. The summed E-state index contributed by atoms with van der Waals surface area (Å²) < 4.78 is 38.0. The van der Waals surface area contributed by atoms with E-state index < -0.39 is 60.6 Å². The van der Waals surface area contributed by atoms with Gasteiger partial charge in [0.25, 0.3) is 0 Å². The SMILES string of the molecule is CC(=O)OCc1ccccc1O[C@@H]1O[C@H](COC(C)=O)[C@@H](OC(C)=O)[C@H](OC(C)=O)[C@H]1OC(C)=O. The van der Waals surface area contributed by atoms with Crippen LogP contribution in [0.25, 0.3) is 0 Å². The summed E-state index contributed by atoms with van der Waals surface area (Å²) in [5.41, 5.74) is 0.468. The smallest absolute Gasteiger partial charge is 0.303 e. The average molecular weight is 496 g/mol. The fourth-order valence-electron chi connectivity index (χ4n) is 3.33. The molecule has 0 saturated carbocycles. The lowest BCUT2D eigenvalue weighted by atomic mass is 9.98. The number of benzene rings is 1. The Morgan fingerprint density at radius 2 is 1.26 bits per heavy atom. The van der Waals surface area contributed by atoms with Gasteiger partial charge in [0, 0.05) is 40.2 Å². The molecule has 1 saturated heterocycles. The van der Waals surface area contributed by atoms with Crippen LogP contribution < -0.4 is 4.74 Å². The van der Waals surface area contributed by atoms with Crippen LogP contribution in [-0.4, -0.2) is 67.2 Å². The Labute approximate surface area is 201 Å². The average Bonchev–Trinajstić information content (AvgIpc) is 2.74. The van der Waals surface area contributed by atoms with Crippen LogP contribution >= 0.6 is 0 Å². The van der Waals surface area contributed by atoms with Gasteiger partial charge in [-0.1, -0.05) is 18.2 Å². The van der Waals surface area contributed by atoms with E-state index in [1.54, 1.807) is 24.3 Å². The number of hydrogen-bond acceptors (Lipinski definition) is 12. The van der Waals surface area contributed by atoms with Gasteiger partial charge in [-0.25, -0.2) is 0 Å². The molecule has 192 valence electrons. The van der Waals surface area contributed by atoms with Crippen molar-refractivity contribution in [3.05, 3.63) is 29.8 Å². The highest BCUT2D eigenvalue weighted by molar-refractivity contribution is 5.69. The lowest BCUT2D eigenvalue weighted by Gasteiger charge is -2.44. The molecule has 2 rings (SSSR count). The van der Waals surface area contributed by atoms with Gasteiger partial charge in [0.15, 0.2) is 12.2 Å². The standard InChI is InChI=1S/C23H28O12/c1-12(24)29-10-17-8-6-7-9-18(17)34-23-22(33-16(5)28)21(32-15(4)27)20(31-14(3)26)19(35-23)11-30-13(2)25/h6-9,19-23H,10-11H2,1-5H3/t19-,20-,21+,22-,23-/m1/s1. The predicted molar refractivity (Wildman–Crippen MR) is 114 cm³/mol. The van der Waals surface area contributed by atoms with Crippen LogP contribution in [0.1, 0.15) is 40.2 Å². The molecule has 12 heteroatoms. The summed E-state index contributed by atoms with van der Waals surface area (Å²) in [5.74, 6) is -3.17. The topological polar surface area (TPSA) is 150 Å². The van der Waals surface area contributed by atoms with Gasteiger partial charge in [0.2, 0.25) is 12.4 Å². The van der Waals surface area contributed by atoms with Gasteiger partial charge in [-0.15, -0.1) is 0 Å². The largest absolute Gasteiger partial charge is 0.463 e. The minimum atomic E-state index is -1.39. The molecule has 5 atom stereocenters. The second-order valence-corrected chi connectivity index (χ2v) is 7.57.